The molecule has 2 nitrogen and oxygen atoms in total. The van der Waals surface area contributed by atoms with Crippen molar-refractivity contribution in [2.75, 3.05) is 20.9 Å². The van der Waals surface area contributed by atoms with Crippen LogP contribution in [0.2, 0.25) is 24.7 Å². The van der Waals surface area contributed by atoms with Crippen molar-refractivity contribution in [3.05, 3.63) is 35.9 Å². The molecule has 0 amide bonds. The molecule has 2 rings (SSSR count). The molecule has 1 atom stereocenters. The van der Waals surface area contributed by atoms with Crippen molar-refractivity contribution >= 4 is 8.07 Å². The summed E-state index contributed by atoms with van der Waals surface area (Å²) in [6.45, 7) is 9.14. The van der Waals surface area contributed by atoms with Crippen LogP contribution >= 0.6 is 0 Å². The first-order chi connectivity index (χ1) is 9.95. The molecule has 0 radical (unpaired) electrons. The van der Waals surface area contributed by atoms with Crippen molar-refractivity contribution in [2.24, 2.45) is 0 Å². The van der Waals surface area contributed by atoms with Crippen LogP contribution < -0.4 is 0 Å². The van der Waals surface area contributed by atoms with Crippen molar-refractivity contribution in [2.45, 2.75) is 57.4 Å². The highest BCUT2D eigenvalue weighted by Gasteiger charge is 2.30. The minimum Gasteiger partial charge on any atom is -0.369 e. The predicted octanol–water partition coefficient (Wildman–Crippen LogP) is 4.99. The van der Waals surface area contributed by atoms with Crippen LogP contribution in [0.3, 0.4) is 0 Å². The van der Waals surface area contributed by atoms with Gasteiger partial charge in [-0.25, -0.2) is 0 Å². The first-order valence-electron chi connectivity index (χ1n) is 8.17. The van der Waals surface area contributed by atoms with E-state index in [1.165, 1.54) is 24.8 Å². The molecule has 0 N–H and O–H groups in total. The molecule has 0 aliphatic carbocycles. The van der Waals surface area contributed by atoms with Gasteiger partial charge in [0.1, 0.15) is 0 Å². The van der Waals surface area contributed by atoms with E-state index in [0.717, 1.165) is 12.1 Å². The Morgan fingerprint density at radius 3 is 2.33 bits per heavy atom. The normalized spacial score (nSPS) is 20.8. The third kappa shape index (κ3) is 7.25. The second kappa shape index (κ2) is 9.39. The Labute approximate surface area is 132 Å². The summed E-state index contributed by atoms with van der Waals surface area (Å²) in [6, 6.07) is 11.9. The van der Waals surface area contributed by atoms with Crippen LogP contribution in [-0.2, 0) is 11.3 Å². The smallest absolute Gasteiger partial charge is 0.0986 e. The fraction of sp³-hybridized carbons (Fsp3) is 0.667. The molecule has 0 spiro atoms. The zero-order valence-electron chi connectivity index (χ0n) is 14.6. The lowest BCUT2D eigenvalue weighted by atomic mass is 10.2. The van der Waals surface area contributed by atoms with Gasteiger partial charge >= 0.3 is 0 Å². The molecule has 1 fully saturated rings. The molecule has 1 heterocycles. The molecule has 21 heavy (non-hydrogen) atoms. The summed E-state index contributed by atoms with van der Waals surface area (Å²) in [4.78, 5) is 2.12. The van der Waals surface area contributed by atoms with E-state index >= 15 is 0 Å². The molecule has 1 unspecified atom stereocenters. The fourth-order valence-corrected chi connectivity index (χ4v) is 5.47. The van der Waals surface area contributed by atoms with Crippen LogP contribution in [0.25, 0.3) is 0 Å². The molecule has 1 aromatic carbocycles. The molecule has 1 aliphatic rings. The second-order valence-electron chi connectivity index (χ2n) is 7.05. The third-order valence-corrected chi connectivity index (χ3v) is 9.29. The van der Waals surface area contributed by atoms with Crippen LogP contribution in [0, 0.1) is 0 Å². The van der Waals surface area contributed by atoms with E-state index in [9.17, 15) is 0 Å². The lowest BCUT2D eigenvalue weighted by molar-refractivity contribution is 0.0771. The monoisotopic (exact) mass is 307 g/mol. The molecular weight excluding hydrogens is 274 g/mol. The topological polar surface area (TPSA) is 12.5 Å². The van der Waals surface area contributed by atoms with E-state index in [-0.39, 0.29) is 0 Å². The third-order valence-electron chi connectivity index (χ3n) is 4.69. The van der Waals surface area contributed by atoms with Crippen molar-refractivity contribution in [3.8, 4) is 0 Å². The molecule has 120 valence electrons. The van der Waals surface area contributed by atoms with Gasteiger partial charge in [-0.05, 0) is 18.2 Å². The minimum atomic E-state index is -0.694. The Hall–Kier alpha value is -0.643. The van der Waals surface area contributed by atoms with E-state index in [4.69, 9.17) is 4.74 Å². The molecule has 1 saturated heterocycles. The highest BCUT2D eigenvalue weighted by Crippen LogP contribution is 2.36. The number of methoxy groups -OCH3 is 1. The average molecular weight is 308 g/mol. The van der Waals surface area contributed by atoms with E-state index in [2.05, 4.69) is 49.2 Å². The predicted molar refractivity (Wildman–Crippen MR) is 95.3 cm³/mol. The van der Waals surface area contributed by atoms with Gasteiger partial charge in [-0.15, -0.1) is 0 Å². The zero-order chi connectivity index (χ0) is 15.7. The zero-order valence-corrected chi connectivity index (χ0v) is 15.6. The van der Waals surface area contributed by atoms with Crippen molar-refractivity contribution < 1.29 is 4.74 Å². The SMILES string of the molecule is CC1CCCC[Si]1(C)C.COCN(C)Cc1ccccc1. The van der Waals surface area contributed by atoms with E-state index < -0.39 is 8.07 Å². The van der Waals surface area contributed by atoms with Gasteiger partial charge in [0.25, 0.3) is 0 Å². The Bertz CT molecular complexity index is 380. The van der Waals surface area contributed by atoms with Crippen LogP contribution in [0.5, 0.6) is 0 Å². The van der Waals surface area contributed by atoms with Crippen LogP contribution in [0.4, 0.5) is 0 Å². The molecule has 0 saturated carbocycles. The standard InChI is InChI=1S/C10H15NO.C8H18Si/c1-11(9-12-2)8-10-6-4-3-5-7-10;1-8-6-4-5-7-9(8,2)3/h3-7H,8-9H2,1-2H3;8H,4-7H2,1-3H3. The summed E-state index contributed by atoms with van der Waals surface area (Å²) in [7, 11) is 3.05. The fourth-order valence-electron chi connectivity index (χ4n) is 2.83. The van der Waals surface area contributed by atoms with Gasteiger partial charge in [0.15, 0.2) is 0 Å². The minimum absolute atomic E-state index is 0.675. The molecule has 1 aromatic rings. The van der Waals surface area contributed by atoms with Crippen LogP contribution in [0.1, 0.15) is 31.7 Å². The van der Waals surface area contributed by atoms with Crippen LogP contribution in [-0.4, -0.2) is 33.9 Å². The molecule has 0 aromatic heterocycles. The largest absolute Gasteiger partial charge is 0.369 e. The maximum Gasteiger partial charge on any atom is 0.0986 e. The van der Waals surface area contributed by atoms with Crippen molar-refractivity contribution in [1.29, 1.82) is 0 Å². The summed E-state index contributed by atoms with van der Waals surface area (Å²) < 4.78 is 5.00. The Morgan fingerprint density at radius 1 is 1.19 bits per heavy atom. The maximum atomic E-state index is 5.00. The van der Waals surface area contributed by atoms with Gasteiger partial charge in [0, 0.05) is 13.7 Å². The van der Waals surface area contributed by atoms with Gasteiger partial charge in [-0.3, -0.25) is 4.90 Å². The highest BCUT2D eigenvalue weighted by atomic mass is 28.3. The number of ether oxygens (including phenoxy) is 1. The number of hydrogen-bond donors (Lipinski definition) is 0. The van der Waals surface area contributed by atoms with Crippen LogP contribution in [0.15, 0.2) is 30.3 Å². The second-order valence-corrected chi connectivity index (χ2v) is 12.5. The lowest BCUT2D eigenvalue weighted by Gasteiger charge is -2.34. The molecular formula is C18H33NOSi. The van der Waals surface area contributed by atoms with E-state index in [0.29, 0.717) is 6.73 Å². The van der Waals surface area contributed by atoms with Crippen molar-refractivity contribution in [3.63, 3.8) is 0 Å². The van der Waals surface area contributed by atoms with Gasteiger partial charge in [0.05, 0.1) is 14.8 Å². The van der Waals surface area contributed by atoms with E-state index in [1.807, 2.05) is 13.1 Å². The summed E-state index contributed by atoms with van der Waals surface area (Å²) in [5, 5.41) is 0. The number of nitrogens with zero attached hydrogens (tertiary/aromatic N) is 1. The van der Waals surface area contributed by atoms with Gasteiger partial charge < -0.3 is 4.74 Å². The Balaban J connectivity index is 0.000000219. The molecule has 0 bridgehead atoms. The number of rotatable bonds is 4. The van der Waals surface area contributed by atoms with Gasteiger partial charge in [-0.1, -0.05) is 75.7 Å². The molecule has 3 heteroatoms. The summed E-state index contributed by atoms with van der Waals surface area (Å²) in [5.41, 5.74) is 2.41. The Morgan fingerprint density at radius 2 is 1.86 bits per heavy atom. The Kier molecular flexibility index (Phi) is 8.23. The molecule has 1 aliphatic heterocycles. The first-order valence-corrected chi connectivity index (χ1v) is 11.5. The summed E-state index contributed by atoms with van der Waals surface area (Å²) >= 11 is 0. The summed E-state index contributed by atoms with van der Waals surface area (Å²) in [6.07, 6.45) is 4.53. The van der Waals surface area contributed by atoms with Gasteiger partial charge in [0.2, 0.25) is 0 Å². The summed E-state index contributed by atoms with van der Waals surface area (Å²) in [5.74, 6) is 0. The first kappa shape index (κ1) is 18.4. The maximum absolute atomic E-state index is 5.00. The van der Waals surface area contributed by atoms with E-state index in [1.54, 1.807) is 13.2 Å². The average Bonchev–Trinajstić information content (AvgIpc) is 2.44. The lowest BCUT2D eigenvalue weighted by Crippen LogP contribution is -2.33. The van der Waals surface area contributed by atoms with Crippen molar-refractivity contribution in [1.82, 2.24) is 4.90 Å². The quantitative estimate of drug-likeness (QED) is 0.574. The highest BCUT2D eigenvalue weighted by molar-refractivity contribution is 6.78. The number of hydrogen-bond acceptors (Lipinski definition) is 2. The number of benzene rings is 1. The van der Waals surface area contributed by atoms with Gasteiger partial charge in [-0.2, -0.15) is 0 Å².